The molecule has 1 aromatic heterocycles. The SMILES string of the molecule is CC(=O)c1ccc(C#N)c(N2CCCC(n3cncn3)C2)c1. The van der Waals surface area contributed by atoms with Crippen LogP contribution in [0.4, 0.5) is 5.69 Å². The molecule has 1 unspecified atom stereocenters. The number of ketones is 1. The largest absolute Gasteiger partial charge is 0.368 e. The van der Waals surface area contributed by atoms with Gasteiger partial charge in [-0.15, -0.1) is 0 Å². The second-order valence-corrected chi connectivity index (χ2v) is 5.52. The third kappa shape index (κ3) is 2.70. The number of nitrogens with zero attached hydrogens (tertiary/aromatic N) is 5. The van der Waals surface area contributed by atoms with Gasteiger partial charge in [0.25, 0.3) is 0 Å². The minimum absolute atomic E-state index is 0.00979. The van der Waals surface area contributed by atoms with Crippen molar-refractivity contribution < 1.29 is 4.79 Å². The summed E-state index contributed by atoms with van der Waals surface area (Å²) in [5, 5.41) is 13.6. The Morgan fingerprint density at radius 2 is 2.32 bits per heavy atom. The van der Waals surface area contributed by atoms with Crippen molar-refractivity contribution in [2.75, 3.05) is 18.0 Å². The zero-order chi connectivity index (χ0) is 15.5. The number of nitriles is 1. The van der Waals surface area contributed by atoms with E-state index in [1.54, 1.807) is 25.4 Å². The molecule has 1 aromatic carbocycles. The molecule has 3 rings (SSSR count). The van der Waals surface area contributed by atoms with Gasteiger partial charge in [-0.1, -0.05) is 0 Å². The van der Waals surface area contributed by atoms with Crippen LogP contribution in [0.5, 0.6) is 0 Å². The fourth-order valence-corrected chi connectivity index (χ4v) is 2.90. The van der Waals surface area contributed by atoms with E-state index >= 15 is 0 Å². The van der Waals surface area contributed by atoms with Crippen LogP contribution in [0.2, 0.25) is 0 Å². The van der Waals surface area contributed by atoms with E-state index in [1.165, 1.54) is 6.33 Å². The summed E-state index contributed by atoms with van der Waals surface area (Å²) in [6.45, 7) is 3.18. The maximum Gasteiger partial charge on any atom is 0.159 e. The normalized spacial score (nSPS) is 18.0. The number of benzene rings is 1. The van der Waals surface area contributed by atoms with Crippen LogP contribution in [0.15, 0.2) is 30.9 Å². The molecule has 112 valence electrons. The molecule has 1 saturated heterocycles. The average molecular weight is 295 g/mol. The van der Waals surface area contributed by atoms with E-state index in [9.17, 15) is 10.1 Å². The topological polar surface area (TPSA) is 74.8 Å². The first-order chi connectivity index (χ1) is 10.7. The van der Waals surface area contributed by atoms with E-state index in [4.69, 9.17) is 0 Å². The lowest BCUT2D eigenvalue weighted by Crippen LogP contribution is -2.37. The third-order valence-corrected chi connectivity index (χ3v) is 4.07. The molecule has 0 radical (unpaired) electrons. The number of rotatable bonds is 3. The molecule has 2 heterocycles. The molecule has 0 aliphatic carbocycles. The lowest BCUT2D eigenvalue weighted by atomic mass is 10.0. The van der Waals surface area contributed by atoms with Crippen molar-refractivity contribution >= 4 is 11.5 Å². The fourth-order valence-electron chi connectivity index (χ4n) is 2.90. The fraction of sp³-hybridized carbons (Fsp3) is 0.375. The number of carbonyl (C=O) groups is 1. The van der Waals surface area contributed by atoms with Crippen LogP contribution in [0.25, 0.3) is 0 Å². The van der Waals surface area contributed by atoms with Gasteiger partial charge in [0.2, 0.25) is 0 Å². The summed E-state index contributed by atoms with van der Waals surface area (Å²) in [5.41, 5.74) is 2.07. The Balaban J connectivity index is 1.91. The zero-order valence-corrected chi connectivity index (χ0v) is 12.4. The van der Waals surface area contributed by atoms with Crippen molar-refractivity contribution in [3.05, 3.63) is 42.0 Å². The molecular formula is C16H17N5O. The standard InChI is InChI=1S/C16H17N5O/c1-12(22)13-4-5-14(8-17)16(7-13)20-6-2-3-15(9-20)21-11-18-10-19-21/h4-5,7,10-11,15H,2-3,6,9H2,1H3. The van der Waals surface area contributed by atoms with Crippen LogP contribution in [-0.4, -0.2) is 33.6 Å². The molecule has 1 aliphatic heterocycles. The summed E-state index contributed by atoms with van der Waals surface area (Å²) >= 11 is 0. The van der Waals surface area contributed by atoms with Crippen LogP contribution in [0.1, 0.15) is 41.7 Å². The number of carbonyl (C=O) groups excluding carboxylic acids is 1. The van der Waals surface area contributed by atoms with Gasteiger partial charge in [0.1, 0.15) is 18.7 Å². The van der Waals surface area contributed by atoms with E-state index in [0.717, 1.165) is 31.6 Å². The Morgan fingerprint density at radius 3 is 3.00 bits per heavy atom. The summed E-state index contributed by atoms with van der Waals surface area (Å²) < 4.78 is 1.87. The van der Waals surface area contributed by atoms with Gasteiger partial charge < -0.3 is 4.90 Å². The van der Waals surface area contributed by atoms with Gasteiger partial charge in [-0.2, -0.15) is 10.4 Å². The molecule has 0 spiro atoms. The first kappa shape index (κ1) is 14.3. The number of aromatic nitrogens is 3. The number of hydrogen-bond acceptors (Lipinski definition) is 5. The van der Waals surface area contributed by atoms with Gasteiger partial charge in [0, 0.05) is 18.7 Å². The summed E-state index contributed by atoms with van der Waals surface area (Å²) in [6.07, 6.45) is 5.31. The average Bonchev–Trinajstić information content (AvgIpc) is 3.09. The van der Waals surface area contributed by atoms with Gasteiger partial charge in [0.15, 0.2) is 5.78 Å². The molecule has 0 saturated carbocycles. The molecule has 6 heteroatoms. The number of piperidine rings is 1. The summed E-state index contributed by atoms with van der Waals surface area (Å²) in [5.74, 6) is 0.00979. The second-order valence-electron chi connectivity index (χ2n) is 5.52. The van der Waals surface area contributed by atoms with E-state index in [2.05, 4.69) is 21.1 Å². The molecule has 1 fully saturated rings. The zero-order valence-electron chi connectivity index (χ0n) is 12.4. The third-order valence-electron chi connectivity index (χ3n) is 4.07. The Labute approximate surface area is 129 Å². The van der Waals surface area contributed by atoms with Crippen LogP contribution < -0.4 is 4.90 Å². The maximum absolute atomic E-state index is 11.6. The van der Waals surface area contributed by atoms with Gasteiger partial charge in [-0.05, 0) is 38.0 Å². The molecule has 1 atom stereocenters. The van der Waals surface area contributed by atoms with E-state index < -0.39 is 0 Å². The molecule has 22 heavy (non-hydrogen) atoms. The lowest BCUT2D eigenvalue weighted by molar-refractivity contribution is 0.101. The molecule has 0 N–H and O–H groups in total. The highest BCUT2D eigenvalue weighted by molar-refractivity contribution is 5.95. The number of anilines is 1. The highest BCUT2D eigenvalue weighted by Crippen LogP contribution is 2.29. The summed E-state index contributed by atoms with van der Waals surface area (Å²) in [7, 11) is 0. The Bertz CT molecular complexity index is 717. The number of hydrogen-bond donors (Lipinski definition) is 0. The Hall–Kier alpha value is -2.68. The van der Waals surface area contributed by atoms with E-state index in [-0.39, 0.29) is 11.8 Å². The lowest BCUT2D eigenvalue weighted by Gasteiger charge is -2.34. The minimum Gasteiger partial charge on any atom is -0.368 e. The van der Waals surface area contributed by atoms with Gasteiger partial charge in [-0.3, -0.25) is 4.79 Å². The quantitative estimate of drug-likeness (QED) is 0.811. The summed E-state index contributed by atoms with van der Waals surface area (Å²) in [6, 6.07) is 7.72. The van der Waals surface area contributed by atoms with Crippen molar-refractivity contribution in [2.24, 2.45) is 0 Å². The van der Waals surface area contributed by atoms with Crippen molar-refractivity contribution in [3.63, 3.8) is 0 Å². The van der Waals surface area contributed by atoms with Gasteiger partial charge in [0.05, 0.1) is 17.3 Å². The molecule has 6 nitrogen and oxygen atoms in total. The highest BCUT2D eigenvalue weighted by atomic mass is 16.1. The molecule has 0 amide bonds. The first-order valence-electron chi connectivity index (χ1n) is 7.33. The van der Waals surface area contributed by atoms with Crippen LogP contribution in [0.3, 0.4) is 0 Å². The Kier molecular flexibility index (Phi) is 3.88. The first-order valence-corrected chi connectivity index (χ1v) is 7.33. The number of Topliss-reactive ketones (excluding diaryl/α,β-unsaturated/α-hetero) is 1. The van der Waals surface area contributed by atoms with Crippen LogP contribution in [-0.2, 0) is 0 Å². The van der Waals surface area contributed by atoms with Gasteiger partial charge in [-0.25, -0.2) is 9.67 Å². The van der Waals surface area contributed by atoms with Crippen molar-refractivity contribution in [1.29, 1.82) is 5.26 Å². The maximum atomic E-state index is 11.6. The molecule has 1 aliphatic rings. The predicted molar refractivity (Wildman–Crippen MR) is 81.7 cm³/mol. The van der Waals surface area contributed by atoms with Crippen molar-refractivity contribution in [2.45, 2.75) is 25.8 Å². The summed E-state index contributed by atoms with van der Waals surface area (Å²) in [4.78, 5) is 17.8. The van der Waals surface area contributed by atoms with Crippen LogP contribution in [0, 0.1) is 11.3 Å². The van der Waals surface area contributed by atoms with Gasteiger partial charge >= 0.3 is 0 Å². The van der Waals surface area contributed by atoms with Crippen LogP contribution >= 0.6 is 0 Å². The smallest absolute Gasteiger partial charge is 0.159 e. The predicted octanol–water partition coefficient (Wildman–Crippen LogP) is 2.19. The van der Waals surface area contributed by atoms with Crippen molar-refractivity contribution in [3.8, 4) is 6.07 Å². The highest BCUT2D eigenvalue weighted by Gasteiger charge is 2.24. The molecule has 2 aromatic rings. The van der Waals surface area contributed by atoms with E-state index in [1.807, 2.05) is 10.7 Å². The second kappa shape index (κ2) is 5.98. The monoisotopic (exact) mass is 295 g/mol. The van der Waals surface area contributed by atoms with Crippen molar-refractivity contribution in [1.82, 2.24) is 14.8 Å². The van der Waals surface area contributed by atoms with E-state index in [0.29, 0.717) is 11.1 Å². The molecule has 0 bridgehead atoms. The molecular weight excluding hydrogens is 278 g/mol. The minimum atomic E-state index is 0.00979. The Morgan fingerprint density at radius 1 is 1.45 bits per heavy atom.